The quantitative estimate of drug-likeness (QED) is 0.815. The van der Waals surface area contributed by atoms with Crippen molar-refractivity contribution in [2.24, 2.45) is 0 Å². The van der Waals surface area contributed by atoms with E-state index in [2.05, 4.69) is 21.0 Å². The molecule has 2 nitrogen and oxygen atoms in total. The zero-order valence-electron chi connectivity index (χ0n) is 9.47. The van der Waals surface area contributed by atoms with Crippen LogP contribution in [0.5, 0.6) is 0 Å². The van der Waals surface area contributed by atoms with E-state index in [1.807, 2.05) is 18.5 Å². The van der Waals surface area contributed by atoms with E-state index in [0.29, 0.717) is 11.6 Å². The molecule has 2 rings (SSSR count). The van der Waals surface area contributed by atoms with E-state index in [4.69, 9.17) is 11.6 Å². The highest BCUT2D eigenvalue weighted by molar-refractivity contribution is 9.10. The van der Waals surface area contributed by atoms with Gasteiger partial charge in [0.1, 0.15) is 5.82 Å². The summed E-state index contributed by atoms with van der Waals surface area (Å²) in [6.45, 7) is 4.44. The summed E-state index contributed by atoms with van der Waals surface area (Å²) in [4.78, 5) is 0. The lowest BCUT2D eigenvalue weighted by Gasteiger charge is -2.06. The fourth-order valence-electron chi connectivity index (χ4n) is 1.64. The van der Waals surface area contributed by atoms with Crippen molar-refractivity contribution >= 4 is 27.5 Å². The first-order valence-electron chi connectivity index (χ1n) is 5.12. The average Bonchev–Trinajstić information content (AvgIpc) is 2.50. The topological polar surface area (TPSA) is 17.8 Å². The SMILES string of the molecule is Cc1nn(Cc2ccc(F)cc2Cl)c(C)c1Br. The predicted molar refractivity (Wildman–Crippen MR) is 69.9 cm³/mol. The van der Waals surface area contributed by atoms with Crippen LogP contribution in [0.2, 0.25) is 5.02 Å². The lowest BCUT2D eigenvalue weighted by atomic mass is 10.2. The summed E-state index contributed by atoms with van der Waals surface area (Å²) >= 11 is 9.45. The number of benzene rings is 1. The maximum Gasteiger partial charge on any atom is 0.124 e. The second kappa shape index (κ2) is 4.78. The van der Waals surface area contributed by atoms with Crippen LogP contribution in [-0.4, -0.2) is 9.78 Å². The lowest BCUT2D eigenvalue weighted by molar-refractivity contribution is 0.622. The molecule has 17 heavy (non-hydrogen) atoms. The van der Waals surface area contributed by atoms with Gasteiger partial charge in [0, 0.05) is 5.02 Å². The van der Waals surface area contributed by atoms with Crippen LogP contribution in [0, 0.1) is 19.7 Å². The van der Waals surface area contributed by atoms with Crippen LogP contribution in [0.1, 0.15) is 17.0 Å². The molecule has 0 spiro atoms. The highest BCUT2D eigenvalue weighted by Crippen LogP contribution is 2.23. The molecule has 0 bridgehead atoms. The molecule has 5 heteroatoms. The molecule has 0 N–H and O–H groups in total. The van der Waals surface area contributed by atoms with Gasteiger partial charge in [-0.05, 0) is 47.5 Å². The molecule has 0 aliphatic heterocycles. The summed E-state index contributed by atoms with van der Waals surface area (Å²) < 4.78 is 15.8. The monoisotopic (exact) mass is 316 g/mol. The van der Waals surface area contributed by atoms with E-state index < -0.39 is 0 Å². The first kappa shape index (κ1) is 12.6. The minimum Gasteiger partial charge on any atom is -0.264 e. The van der Waals surface area contributed by atoms with E-state index in [9.17, 15) is 4.39 Å². The van der Waals surface area contributed by atoms with Crippen molar-refractivity contribution in [2.45, 2.75) is 20.4 Å². The van der Waals surface area contributed by atoms with Gasteiger partial charge in [-0.1, -0.05) is 17.7 Å². The van der Waals surface area contributed by atoms with Gasteiger partial charge in [-0.15, -0.1) is 0 Å². The maximum absolute atomic E-state index is 12.9. The van der Waals surface area contributed by atoms with Gasteiger partial charge in [-0.3, -0.25) is 4.68 Å². The third-order valence-electron chi connectivity index (χ3n) is 2.63. The van der Waals surface area contributed by atoms with Crippen molar-refractivity contribution in [1.82, 2.24) is 9.78 Å². The van der Waals surface area contributed by atoms with Gasteiger partial charge in [0.25, 0.3) is 0 Å². The smallest absolute Gasteiger partial charge is 0.124 e. The normalized spacial score (nSPS) is 10.9. The summed E-state index contributed by atoms with van der Waals surface area (Å²) in [6.07, 6.45) is 0. The zero-order chi connectivity index (χ0) is 12.6. The van der Waals surface area contributed by atoms with Crippen LogP contribution >= 0.6 is 27.5 Å². The third-order valence-corrected chi connectivity index (χ3v) is 4.13. The molecule has 1 aromatic carbocycles. The number of nitrogens with zero attached hydrogens (tertiary/aromatic N) is 2. The maximum atomic E-state index is 12.9. The van der Waals surface area contributed by atoms with Crippen LogP contribution in [0.3, 0.4) is 0 Å². The third kappa shape index (κ3) is 2.53. The Morgan fingerprint density at radius 1 is 1.41 bits per heavy atom. The number of aryl methyl sites for hydroxylation is 1. The molecule has 0 aliphatic carbocycles. The highest BCUT2D eigenvalue weighted by atomic mass is 79.9. The fourth-order valence-corrected chi connectivity index (χ4v) is 2.15. The molecule has 0 fully saturated rings. The van der Waals surface area contributed by atoms with Gasteiger partial charge in [0.15, 0.2) is 0 Å². The number of halogens is 3. The second-order valence-corrected chi connectivity index (χ2v) is 5.08. The van der Waals surface area contributed by atoms with Crippen LogP contribution in [0.25, 0.3) is 0 Å². The molecule has 0 saturated carbocycles. The van der Waals surface area contributed by atoms with Crippen molar-refractivity contribution < 1.29 is 4.39 Å². The van der Waals surface area contributed by atoms with Crippen molar-refractivity contribution in [2.75, 3.05) is 0 Å². The first-order chi connectivity index (χ1) is 7.99. The van der Waals surface area contributed by atoms with Crippen LogP contribution in [0.4, 0.5) is 4.39 Å². The average molecular weight is 318 g/mol. The summed E-state index contributed by atoms with van der Waals surface area (Å²) in [5, 5.41) is 4.81. The zero-order valence-corrected chi connectivity index (χ0v) is 11.8. The molecule has 0 radical (unpaired) electrons. The Bertz CT molecular complexity index is 566. The standard InChI is InChI=1S/C12H11BrClFN2/c1-7-12(13)8(2)17(16-7)6-9-3-4-10(15)5-11(9)14/h3-5H,6H2,1-2H3. The van der Waals surface area contributed by atoms with Gasteiger partial charge in [-0.25, -0.2) is 4.39 Å². The molecule has 0 saturated heterocycles. The van der Waals surface area contributed by atoms with E-state index in [1.54, 1.807) is 6.07 Å². The molecule has 0 aliphatic rings. The van der Waals surface area contributed by atoms with Crippen molar-refractivity contribution in [3.8, 4) is 0 Å². The molecule has 90 valence electrons. The first-order valence-corrected chi connectivity index (χ1v) is 6.29. The highest BCUT2D eigenvalue weighted by Gasteiger charge is 2.10. The van der Waals surface area contributed by atoms with Gasteiger partial charge >= 0.3 is 0 Å². The molecule has 0 unspecified atom stereocenters. The van der Waals surface area contributed by atoms with Gasteiger partial charge in [0.2, 0.25) is 0 Å². The summed E-state index contributed by atoms with van der Waals surface area (Å²) in [6, 6.07) is 4.40. The molecular formula is C12H11BrClFN2. The molecule has 1 aromatic heterocycles. The Labute approximate surface area is 113 Å². The number of aromatic nitrogens is 2. The minimum atomic E-state index is -0.326. The van der Waals surface area contributed by atoms with E-state index in [-0.39, 0.29) is 5.82 Å². The molecule has 2 aromatic rings. The van der Waals surface area contributed by atoms with E-state index >= 15 is 0 Å². The van der Waals surface area contributed by atoms with E-state index in [0.717, 1.165) is 21.4 Å². The largest absolute Gasteiger partial charge is 0.264 e. The number of hydrogen-bond acceptors (Lipinski definition) is 1. The van der Waals surface area contributed by atoms with Crippen LogP contribution in [0.15, 0.2) is 22.7 Å². The van der Waals surface area contributed by atoms with Gasteiger partial charge in [-0.2, -0.15) is 5.10 Å². The Kier molecular flexibility index (Phi) is 3.54. The van der Waals surface area contributed by atoms with Gasteiger partial charge in [0.05, 0.1) is 22.4 Å². The molecule has 0 atom stereocenters. The molecule has 0 amide bonds. The number of rotatable bonds is 2. The molecular weight excluding hydrogens is 307 g/mol. The van der Waals surface area contributed by atoms with Crippen molar-refractivity contribution in [1.29, 1.82) is 0 Å². The van der Waals surface area contributed by atoms with Crippen molar-refractivity contribution in [3.05, 3.63) is 50.5 Å². The number of hydrogen-bond donors (Lipinski definition) is 0. The Balaban J connectivity index is 2.34. The Hall–Kier alpha value is -0.870. The summed E-state index contributed by atoms with van der Waals surface area (Å²) in [5.41, 5.74) is 2.81. The van der Waals surface area contributed by atoms with Gasteiger partial charge < -0.3 is 0 Å². The Morgan fingerprint density at radius 2 is 2.12 bits per heavy atom. The van der Waals surface area contributed by atoms with Crippen LogP contribution in [-0.2, 0) is 6.54 Å². The van der Waals surface area contributed by atoms with E-state index in [1.165, 1.54) is 12.1 Å². The fraction of sp³-hybridized carbons (Fsp3) is 0.250. The van der Waals surface area contributed by atoms with Crippen molar-refractivity contribution in [3.63, 3.8) is 0 Å². The predicted octanol–water partition coefficient (Wildman–Crippen LogP) is 4.10. The second-order valence-electron chi connectivity index (χ2n) is 3.88. The summed E-state index contributed by atoms with van der Waals surface area (Å²) in [5.74, 6) is -0.326. The summed E-state index contributed by atoms with van der Waals surface area (Å²) in [7, 11) is 0. The van der Waals surface area contributed by atoms with Crippen LogP contribution < -0.4 is 0 Å². The lowest BCUT2D eigenvalue weighted by Crippen LogP contribution is -2.04. The Morgan fingerprint density at radius 3 is 2.65 bits per heavy atom. The minimum absolute atomic E-state index is 0.326. The molecule has 1 heterocycles.